The molecule has 0 unspecified atom stereocenters. The van der Waals surface area contributed by atoms with Gasteiger partial charge in [0.25, 0.3) is 5.91 Å². The number of halogens is 2. The van der Waals surface area contributed by atoms with Crippen molar-refractivity contribution in [1.29, 1.82) is 0 Å². The molecule has 0 aliphatic rings. The van der Waals surface area contributed by atoms with E-state index in [1.165, 1.54) is 37.5 Å². The zero-order valence-corrected chi connectivity index (χ0v) is 17.8. The number of ether oxygens (including phenoxy) is 2. The lowest BCUT2D eigenvalue weighted by Gasteiger charge is -2.06. The monoisotopic (exact) mass is 461 g/mol. The summed E-state index contributed by atoms with van der Waals surface area (Å²) in [5.74, 6) is -1.04. The number of amides is 1. The first-order valence-electron chi connectivity index (χ1n) is 9.07. The second kappa shape index (κ2) is 10.3. The fourth-order valence-electron chi connectivity index (χ4n) is 2.62. The van der Waals surface area contributed by atoms with E-state index >= 15 is 0 Å². The van der Waals surface area contributed by atoms with Crippen LogP contribution in [0.25, 0.3) is 17.0 Å². The quantitative estimate of drug-likeness (QED) is 0.187. The standard InChI is InChI=1S/C22H17Cl2NO6/c1-29-9-8-25-21(27)17-10-14-3-6-16(12-19(14)31-22(17)28)30-20(26)7-4-13-2-5-15(23)11-18(13)24/h2-7,10-12H,8-9H2,1H3,(H,25,27)/b7-4+. The van der Waals surface area contributed by atoms with Crippen molar-refractivity contribution in [3.8, 4) is 5.75 Å². The SMILES string of the molecule is COCCNC(=O)c1cc2ccc(OC(=O)/C=C/c3ccc(Cl)cc3Cl)cc2oc1=O. The Balaban J connectivity index is 1.74. The smallest absolute Gasteiger partial charge is 0.349 e. The molecule has 0 atom stereocenters. The van der Waals surface area contributed by atoms with Crippen LogP contribution in [0.4, 0.5) is 0 Å². The number of fused-ring (bicyclic) bond motifs is 1. The zero-order valence-electron chi connectivity index (χ0n) is 16.3. The van der Waals surface area contributed by atoms with Crippen molar-refractivity contribution in [2.75, 3.05) is 20.3 Å². The molecule has 7 nitrogen and oxygen atoms in total. The molecule has 0 saturated carbocycles. The normalized spacial score (nSPS) is 11.1. The molecule has 9 heteroatoms. The third-order valence-corrected chi connectivity index (χ3v) is 4.69. The number of benzene rings is 2. The molecule has 1 aromatic heterocycles. The number of carbonyl (C=O) groups is 2. The van der Waals surface area contributed by atoms with Gasteiger partial charge < -0.3 is 19.2 Å². The molecule has 0 bridgehead atoms. The Kier molecular flexibility index (Phi) is 7.46. The number of esters is 1. The van der Waals surface area contributed by atoms with Gasteiger partial charge in [0.1, 0.15) is 16.9 Å². The predicted molar refractivity (Wildman–Crippen MR) is 118 cm³/mol. The highest BCUT2D eigenvalue weighted by atomic mass is 35.5. The molecule has 0 saturated heterocycles. The molecular weight excluding hydrogens is 445 g/mol. The molecule has 0 aliphatic heterocycles. The van der Waals surface area contributed by atoms with Gasteiger partial charge in [-0.25, -0.2) is 9.59 Å². The minimum atomic E-state index is -0.803. The van der Waals surface area contributed by atoms with Crippen LogP contribution in [-0.4, -0.2) is 32.1 Å². The summed E-state index contributed by atoms with van der Waals surface area (Å²) in [6, 6.07) is 10.8. The summed E-state index contributed by atoms with van der Waals surface area (Å²) >= 11 is 11.9. The van der Waals surface area contributed by atoms with Crippen molar-refractivity contribution in [3.63, 3.8) is 0 Å². The van der Waals surface area contributed by atoms with E-state index in [1.54, 1.807) is 24.3 Å². The second-order valence-corrected chi connectivity index (χ2v) is 7.16. The molecule has 31 heavy (non-hydrogen) atoms. The summed E-state index contributed by atoms with van der Waals surface area (Å²) in [6.45, 7) is 0.578. The molecule has 3 rings (SSSR count). The Labute approximate surface area is 187 Å². The molecule has 1 heterocycles. The van der Waals surface area contributed by atoms with Crippen molar-refractivity contribution < 1.29 is 23.5 Å². The Hall–Kier alpha value is -3.13. The minimum Gasteiger partial charge on any atom is -0.423 e. The van der Waals surface area contributed by atoms with E-state index < -0.39 is 17.5 Å². The van der Waals surface area contributed by atoms with Crippen LogP contribution in [0, 0.1) is 0 Å². The number of methoxy groups -OCH3 is 1. The summed E-state index contributed by atoms with van der Waals surface area (Å²) in [6.07, 6.45) is 2.71. The lowest BCUT2D eigenvalue weighted by Crippen LogP contribution is -2.30. The highest BCUT2D eigenvalue weighted by molar-refractivity contribution is 6.35. The Morgan fingerprint density at radius 1 is 1.13 bits per heavy atom. The first-order valence-corrected chi connectivity index (χ1v) is 9.83. The van der Waals surface area contributed by atoms with E-state index in [0.29, 0.717) is 27.6 Å². The van der Waals surface area contributed by atoms with Gasteiger partial charge in [-0.15, -0.1) is 0 Å². The molecule has 1 N–H and O–H groups in total. The highest BCUT2D eigenvalue weighted by Crippen LogP contribution is 2.23. The van der Waals surface area contributed by atoms with Gasteiger partial charge in [0.05, 0.1) is 6.61 Å². The summed E-state index contributed by atoms with van der Waals surface area (Å²) in [5, 5.41) is 3.94. The van der Waals surface area contributed by atoms with E-state index in [4.69, 9.17) is 37.1 Å². The summed E-state index contributed by atoms with van der Waals surface area (Å²) in [5.41, 5.74) is -0.156. The van der Waals surface area contributed by atoms with Gasteiger partial charge in [-0.2, -0.15) is 0 Å². The van der Waals surface area contributed by atoms with Gasteiger partial charge in [-0.1, -0.05) is 29.3 Å². The largest absolute Gasteiger partial charge is 0.423 e. The van der Waals surface area contributed by atoms with Gasteiger partial charge in [-0.3, -0.25) is 4.79 Å². The molecule has 0 spiro atoms. The summed E-state index contributed by atoms with van der Waals surface area (Å²) in [7, 11) is 1.50. The zero-order chi connectivity index (χ0) is 22.4. The van der Waals surface area contributed by atoms with Crippen molar-refractivity contribution in [2.24, 2.45) is 0 Å². The third kappa shape index (κ3) is 5.95. The van der Waals surface area contributed by atoms with Crippen LogP contribution in [0.5, 0.6) is 5.75 Å². The van der Waals surface area contributed by atoms with Crippen LogP contribution in [0.3, 0.4) is 0 Å². The van der Waals surface area contributed by atoms with Gasteiger partial charge >= 0.3 is 11.6 Å². The van der Waals surface area contributed by atoms with Crippen molar-refractivity contribution in [2.45, 2.75) is 0 Å². The second-order valence-electron chi connectivity index (χ2n) is 6.32. The molecule has 0 fully saturated rings. The number of nitrogens with one attached hydrogen (secondary N) is 1. The van der Waals surface area contributed by atoms with Crippen LogP contribution < -0.4 is 15.7 Å². The molecular formula is C22H17Cl2NO6. The molecule has 1 amide bonds. The molecule has 0 radical (unpaired) electrons. The van der Waals surface area contributed by atoms with Crippen LogP contribution in [-0.2, 0) is 9.53 Å². The maximum Gasteiger partial charge on any atom is 0.349 e. The van der Waals surface area contributed by atoms with E-state index in [0.717, 1.165) is 0 Å². The van der Waals surface area contributed by atoms with Crippen molar-refractivity contribution in [1.82, 2.24) is 5.32 Å². The summed E-state index contributed by atoms with van der Waals surface area (Å²) in [4.78, 5) is 36.4. The average molecular weight is 462 g/mol. The molecule has 160 valence electrons. The van der Waals surface area contributed by atoms with E-state index in [-0.39, 0.29) is 23.4 Å². The fraction of sp³-hybridized carbons (Fsp3) is 0.136. The average Bonchev–Trinajstić information content (AvgIpc) is 2.72. The van der Waals surface area contributed by atoms with Gasteiger partial charge in [0.15, 0.2) is 0 Å². The maximum absolute atomic E-state index is 12.2. The Bertz CT molecular complexity index is 1220. The molecule has 3 aromatic rings. The maximum atomic E-state index is 12.2. The summed E-state index contributed by atoms with van der Waals surface area (Å²) < 4.78 is 15.3. The molecule has 2 aromatic carbocycles. The van der Waals surface area contributed by atoms with Crippen molar-refractivity contribution in [3.05, 3.63) is 80.1 Å². The number of carbonyl (C=O) groups excluding carboxylic acids is 2. The first kappa shape index (κ1) is 22.6. The first-order chi connectivity index (χ1) is 14.9. The predicted octanol–water partition coefficient (Wildman–Crippen LogP) is 4.09. The lowest BCUT2D eigenvalue weighted by molar-refractivity contribution is -0.128. The number of hydrogen-bond acceptors (Lipinski definition) is 6. The van der Waals surface area contributed by atoms with Crippen LogP contribution in [0.15, 0.2) is 57.8 Å². The lowest BCUT2D eigenvalue weighted by atomic mass is 10.1. The Morgan fingerprint density at radius 3 is 2.68 bits per heavy atom. The minimum absolute atomic E-state index is 0.129. The highest BCUT2D eigenvalue weighted by Gasteiger charge is 2.14. The van der Waals surface area contributed by atoms with Crippen LogP contribution in [0.2, 0.25) is 10.0 Å². The Morgan fingerprint density at radius 2 is 1.94 bits per heavy atom. The van der Waals surface area contributed by atoms with Crippen LogP contribution in [0.1, 0.15) is 15.9 Å². The topological polar surface area (TPSA) is 94.8 Å². The van der Waals surface area contributed by atoms with Gasteiger partial charge in [0, 0.05) is 41.2 Å². The molecule has 0 aliphatic carbocycles. The third-order valence-electron chi connectivity index (χ3n) is 4.12. The van der Waals surface area contributed by atoms with Gasteiger partial charge in [-0.05, 0) is 42.0 Å². The van der Waals surface area contributed by atoms with Gasteiger partial charge in [0.2, 0.25) is 0 Å². The number of hydrogen-bond donors (Lipinski definition) is 1. The van der Waals surface area contributed by atoms with Crippen LogP contribution >= 0.6 is 23.2 Å². The van der Waals surface area contributed by atoms with E-state index in [1.807, 2.05) is 0 Å². The van der Waals surface area contributed by atoms with Crippen molar-refractivity contribution >= 4 is 52.1 Å². The number of rotatable bonds is 7. The fourth-order valence-corrected chi connectivity index (χ4v) is 3.09. The van der Waals surface area contributed by atoms with E-state index in [9.17, 15) is 14.4 Å². The van der Waals surface area contributed by atoms with E-state index in [2.05, 4.69) is 5.32 Å².